The van der Waals surface area contributed by atoms with E-state index in [9.17, 15) is 13.2 Å². The summed E-state index contributed by atoms with van der Waals surface area (Å²) in [4.78, 5) is 11.0. The van der Waals surface area contributed by atoms with Gasteiger partial charge in [0, 0.05) is 25.9 Å². The summed E-state index contributed by atoms with van der Waals surface area (Å²) in [5, 5.41) is 0. The first-order valence-corrected chi connectivity index (χ1v) is 5.88. The number of hydrogen-bond donors (Lipinski definition) is 1. The molecule has 78 valence electrons. The molecule has 0 aliphatic heterocycles. The summed E-state index contributed by atoms with van der Waals surface area (Å²) in [5.74, 6) is 0. The van der Waals surface area contributed by atoms with Gasteiger partial charge in [-0.2, -0.15) is 0 Å². The van der Waals surface area contributed by atoms with Crippen LogP contribution in [0.1, 0.15) is 5.56 Å². The zero-order valence-corrected chi connectivity index (χ0v) is 8.84. The van der Waals surface area contributed by atoms with Crippen LogP contribution in [0, 0.1) is 0 Å². The predicted octanol–water partition coefficient (Wildman–Crippen LogP) is -0.566. The minimum atomic E-state index is -3.18. The summed E-state index contributed by atoms with van der Waals surface area (Å²) in [7, 11) is -1.57. The van der Waals surface area contributed by atoms with Crippen LogP contribution in [0.3, 0.4) is 0 Å². The number of hydrogen-bond acceptors (Lipinski definition) is 3. The van der Waals surface area contributed by atoms with Gasteiger partial charge in [0.05, 0.1) is 6.26 Å². The van der Waals surface area contributed by atoms with E-state index in [1.54, 1.807) is 19.3 Å². The van der Waals surface area contributed by atoms with Crippen LogP contribution >= 0.6 is 0 Å². The molecule has 1 heterocycles. The van der Waals surface area contributed by atoms with Crippen LogP contribution in [-0.2, 0) is 23.6 Å². The molecule has 0 aliphatic carbocycles. The van der Waals surface area contributed by atoms with Gasteiger partial charge < -0.3 is 4.57 Å². The Morgan fingerprint density at radius 1 is 1.43 bits per heavy atom. The Morgan fingerprint density at radius 2 is 2.07 bits per heavy atom. The highest BCUT2D eigenvalue weighted by molar-refractivity contribution is 7.88. The molecule has 0 fully saturated rings. The third kappa shape index (κ3) is 3.31. The van der Waals surface area contributed by atoms with Crippen LogP contribution in [0.25, 0.3) is 0 Å². The third-order valence-corrected chi connectivity index (χ3v) is 2.35. The predicted molar refractivity (Wildman–Crippen MR) is 53.4 cm³/mol. The molecule has 5 nitrogen and oxygen atoms in total. The summed E-state index contributed by atoms with van der Waals surface area (Å²) in [6.07, 6.45) is 2.69. The van der Waals surface area contributed by atoms with Crippen molar-refractivity contribution < 1.29 is 8.42 Å². The van der Waals surface area contributed by atoms with Gasteiger partial charge in [0.2, 0.25) is 15.6 Å². The molecule has 0 aromatic carbocycles. The summed E-state index contributed by atoms with van der Waals surface area (Å²) in [6.45, 7) is 0.201. The van der Waals surface area contributed by atoms with Gasteiger partial charge in [-0.1, -0.05) is 6.07 Å². The molecular formula is C8H12N2O3S. The van der Waals surface area contributed by atoms with Crippen LogP contribution in [-0.4, -0.2) is 19.2 Å². The normalized spacial score (nSPS) is 11.6. The van der Waals surface area contributed by atoms with Gasteiger partial charge in [0.15, 0.2) is 0 Å². The van der Waals surface area contributed by atoms with Crippen molar-refractivity contribution in [2.75, 3.05) is 6.26 Å². The first-order chi connectivity index (χ1) is 6.38. The number of rotatable bonds is 3. The number of nitrogens with one attached hydrogen (secondary N) is 1. The number of nitrogens with zero attached hydrogens (tertiary/aromatic N) is 1. The fourth-order valence-corrected chi connectivity index (χ4v) is 1.40. The van der Waals surface area contributed by atoms with Crippen molar-refractivity contribution in [2.24, 2.45) is 7.05 Å². The third-order valence-electron chi connectivity index (χ3n) is 1.69. The van der Waals surface area contributed by atoms with E-state index in [4.69, 9.17) is 0 Å². The molecule has 0 aliphatic rings. The second-order valence-corrected chi connectivity index (χ2v) is 4.91. The maximum atomic E-state index is 11.0. The first-order valence-electron chi connectivity index (χ1n) is 3.99. The minimum Gasteiger partial charge on any atom is -0.318 e. The molecule has 0 atom stereocenters. The van der Waals surface area contributed by atoms with E-state index in [2.05, 4.69) is 4.72 Å². The van der Waals surface area contributed by atoms with E-state index in [-0.39, 0.29) is 12.1 Å². The Kier molecular flexibility index (Phi) is 3.07. The number of sulfonamides is 1. The van der Waals surface area contributed by atoms with Crippen molar-refractivity contribution >= 4 is 10.0 Å². The largest absolute Gasteiger partial charge is 0.318 e. The topological polar surface area (TPSA) is 68.2 Å². The molecule has 0 saturated heterocycles. The average Bonchev–Trinajstić information content (AvgIpc) is 2.06. The van der Waals surface area contributed by atoms with Crippen molar-refractivity contribution in [1.29, 1.82) is 0 Å². The van der Waals surface area contributed by atoms with E-state index >= 15 is 0 Å². The molecule has 0 amide bonds. The smallest absolute Gasteiger partial charge is 0.250 e. The molecule has 6 heteroatoms. The number of pyridine rings is 1. The van der Waals surface area contributed by atoms with Crippen molar-refractivity contribution in [3.05, 3.63) is 34.2 Å². The van der Waals surface area contributed by atoms with E-state index < -0.39 is 10.0 Å². The fraction of sp³-hybridized carbons (Fsp3) is 0.375. The lowest BCUT2D eigenvalue weighted by molar-refractivity contribution is 0.587. The highest BCUT2D eigenvalue weighted by Gasteiger charge is 2.01. The molecular weight excluding hydrogens is 204 g/mol. The SMILES string of the molecule is Cn1cc(CNS(C)(=O)=O)ccc1=O. The van der Waals surface area contributed by atoms with Gasteiger partial charge in [-0.15, -0.1) is 0 Å². The fourth-order valence-electron chi connectivity index (χ4n) is 0.970. The molecule has 0 saturated carbocycles. The highest BCUT2D eigenvalue weighted by Crippen LogP contribution is 1.94. The molecule has 0 unspecified atom stereocenters. The van der Waals surface area contributed by atoms with E-state index in [0.717, 1.165) is 11.8 Å². The molecule has 14 heavy (non-hydrogen) atoms. The Hall–Kier alpha value is -1.14. The lowest BCUT2D eigenvalue weighted by atomic mass is 10.3. The minimum absolute atomic E-state index is 0.117. The van der Waals surface area contributed by atoms with Crippen molar-refractivity contribution in [1.82, 2.24) is 9.29 Å². The Labute approximate surface area is 82.4 Å². The van der Waals surface area contributed by atoms with E-state index in [0.29, 0.717) is 0 Å². The van der Waals surface area contributed by atoms with Gasteiger partial charge >= 0.3 is 0 Å². The number of aromatic nitrogens is 1. The van der Waals surface area contributed by atoms with Crippen LogP contribution in [0.5, 0.6) is 0 Å². The molecule has 0 spiro atoms. The zero-order valence-electron chi connectivity index (χ0n) is 8.02. The molecule has 0 radical (unpaired) electrons. The second-order valence-electron chi connectivity index (χ2n) is 3.08. The maximum absolute atomic E-state index is 11.0. The highest BCUT2D eigenvalue weighted by atomic mass is 32.2. The van der Waals surface area contributed by atoms with Crippen molar-refractivity contribution in [2.45, 2.75) is 6.54 Å². The summed E-state index contributed by atoms with van der Waals surface area (Å²) >= 11 is 0. The van der Waals surface area contributed by atoms with Gasteiger partial charge in [-0.25, -0.2) is 13.1 Å². The Morgan fingerprint density at radius 3 is 2.57 bits per heavy atom. The molecule has 1 rings (SSSR count). The van der Waals surface area contributed by atoms with E-state index in [1.165, 1.54) is 10.6 Å². The maximum Gasteiger partial charge on any atom is 0.250 e. The monoisotopic (exact) mass is 216 g/mol. The second kappa shape index (κ2) is 3.93. The van der Waals surface area contributed by atoms with Crippen LogP contribution < -0.4 is 10.3 Å². The summed E-state index contributed by atoms with van der Waals surface area (Å²) < 4.78 is 25.3. The van der Waals surface area contributed by atoms with Crippen LogP contribution in [0.15, 0.2) is 23.1 Å². The number of aryl methyl sites for hydroxylation is 1. The Balaban J connectivity index is 2.79. The lowest BCUT2D eigenvalue weighted by Crippen LogP contribution is -2.23. The van der Waals surface area contributed by atoms with Gasteiger partial charge in [-0.05, 0) is 5.56 Å². The molecule has 0 bridgehead atoms. The quantitative estimate of drug-likeness (QED) is 0.736. The zero-order chi connectivity index (χ0) is 10.8. The standard InChI is InChI=1S/C8H12N2O3S/c1-10-6-7(3-4-8(10)11)5-9-14(2,12)13/h3-4,6,9H,5H2,1-2H3. The van der Waals surface area contributed by atoms with Crippen LogP contribution in [0.4, 0.5) is 0 Å². The molecule has 1 N–H and O–H groups in total. The van der Waals surface area contributed by atoms with Gasteiger partial charge in [0.1, 0.15) is 0 Å². The summed E-state index contributed by atoms with van der Waals surface area (Å²) in [6, 6.07) is 3.00. The first kappa shape index (κ1) is 10.9. The molecule has 1 aromatic heterocycles. The lowest BCUT2D eigenvalue weighted by Gasteiger charge is -2.03. The van der Waals surface area contributed by atoms with E-state index in [1.807, 2.05) is 0 Å². The van der Waals surface area contributed by atoms with Gasteiger partial charge in [0.25, 0.3) is 0 Å². The Bertz CT molecular complexity index is 476. The van der Waals surface area contributed by atoms with Crippen LogP contribution in [0.2, 0.25) is 0 Å². The average molecular weight is 216 g/mol. The van der Waals surface area contributed by atoms with Crippen molar-refractivity contribution in [3.8, 4) is 0 Å². The molecule has 1 aromatic rings. The van der Waals surface area contributed by atoms with Crippen molar-refractivity contribution in [3.63, 3.8) is 0 Å². The van der Waals surface area contributed by atoms with Gasteiger partial charge in [-0.3, -0.25) is 4.79 Å². The summed E-state index contributed by atoms with van der Waals surface area (Å²) in [5.41, 5.74) is 0.630.